The number of hydrogen-bond donors (Lipinski definition) is 2. The smallest absolute Gasteiger partial charge is 0.240 e. The Morgan fingerprint density at radius 1 is 1.24 bits per heavy atom. The van der Waals surface area contributed by atoms with Crippen LogP contribution >= 0.6 is 11.6 Å². The monoisotopic (exact) mass is 326 g/mol. The third-order valence-electron chi connectivity index (χ3n) is 5.58. The summed E-state index contributed by atoms with van der Waals surface area (Å²) in [4.78, 5) is 0.238. The van der Waals surface area contributed by atoms with Gasteiger partial charge in [-0.25, -0.2) is 13.1 Å². The molecule has 0 heterocycles. The number of benzene rings is 1. The van der Waals surface area contributed by atoms with Gasteiger partial charge < -0.3 is 5.73 Å². The Kier molecular flexibility index (Phi) is 3.12. The summed E-state index contributed by atoms with van der Waals surface area (Å²) in [5, 5.41) is 0.413. The first-order valence-electron chi connectivity index (χ1n) is 7.52. The number of nitrogens with one attached hydrogen (secondary N) is 1. The quantitative estimate of drug-likeness (QED) is 0.890. The van der Waals surface area contributed by atoms with E-state index in [1.54, 1.807) is 12.1 Å². The number of hydrogen-bond acceptors (Lipinski definition) is 3. The second-order valence-corrected chi connectivity index (χ2v) is 8.71. The fourth-order valence-corrected chi connectivity index (χ4v) is 6.24. The molecule has 0 spiro atoms. The van der Waals surface area contributed by atoms with Gasteiger partial charge in [0, 0.05) is 17.6 Å². The van der Waals surface area contributed by atoms with Gasteiger partial charge in [0.2, 0.25) is 10.0 Å². The number of nitrogens with two attached hydrogens (primary N) is 1. The predicted octanol–water partition coefficient (Wildman–Crippen LogP) is 2.12. The molecule has 114 valence electrons. The third kappa shape index (κ3) is 2.13. The largest absolute Gasteiger partial charge is 0.326 e. The van der Waals surface area contributed by atoms with Crippen LogP contribution in [0.3, 0.4) is 0 Å². The fourth-order valence-electron chi connectivity index (χ4n) is 4.59. The molecule has 3 aliphatic rings. The highest BCUT2D eigenvalue weighted by Gasteiger charge is 2.65. The van der Waals surface area contributed by atoms with E-state index in [-0.39, 0.29) is 10.9 Å². The molecule has 1 aromatic rings. The first-order chi connectivity index (χ1) is 10.0. The van der Waals surface area contributed by atoms with Gasteiger partial charge in [0.15, 0.2) is 0 Å². The van der Waals surface area contributed by atoms with Crippen LogP contribution in [0.1, 0.15) is 24.8 Å². The van der Waals surface area contributed by atoms with E-state index >= 15 is 0 Å². The van der Waals surface area contributed by atoms with Crippen LogP contribution < -0.4 is 10.5 Å². The van der Waals surface area contributed by atoms with Crippen molar-refractivity contribution in [3.8, 4) is 0 Å². The average Bonchev–Trinajstić information content (AvgIpc) is 2.85. The first kappa shape index (κ1) is 14.0. The van der Waals surface area contributed by atoms with Crippen LogP contribution in [0.15, 0.2) is 23.1 Å². The minimum atomic E-state index is -3.48. The number of rotatable bonds is 4. The van der Waals surface area contributed by atoms with Crippen LogP contribution in [0.5, 0.6) is 0 Å². The van der Waals surface area contributed by atoms with Crippen molar-refractivity contribution in [1.82, 2.24) is 4.72 Å². The third-order valence-corrected chi connectivity index (χ3v) is 7.39. The van der Waals surface area contributed by atoms with E-state index < -0.39 is 10.0 Å². The van der Waals surface area contributed by atoms with Crippen LogP contribution in [0, 0.1) is 23.7 Å². The van der Waals surface area contributed by atoms with E-state index in [9.17, 15) is 8.42 Å². The molecule has 0 aliphatic heterocycles. The van der Waals surface area contributed by atoms with E-state index in [4.69, 9.17) is 17.3 Å². The molecule has 4 unspecified atom stereocenters. The summed E-state index contributed by atoms with van der Waals surface area (Å²) in [6, 6.07) is 4.92. The molecule has 0 saturated heterocycles. The molecule has 3 saturated carbocycles. The molecule has 2 bridgehead atoms. The molecule has 3 N–H and O–H groups in total. The van der Waals surface area contributed by atoms with Gasteiger partial charge >= 0.3 is 0 Å². The van der Waals surface area contributed by atoms with Crippen molar-refractivity contribution in [2.75, 3.05) is 0 Å². The Morgan fingerprint density at radius 2 is 1.90 bits per heavy atom. The molecular weight excluding hydrogens is 308 g/mol. The SMILES string of the molecule is NCc1ccc(S(=O)(=O)NC2C3C4CCC(C4)C23)cc1Cl. The van der Waals surface area contributed by atoms with Crippen LogP contribution in [0.4, 0.5) is 0 Å². The highest BCUT2D eigenvalue weighted by molar-refractivity contribution is 7.89. The van der Waals surface area contributed by atoms with Crippen molar-refractivity contribution in [2.45, 2.75) is 36.7 Å². The van der Waals surface area contributed by atoms with E-state index in [0.29, 0.717) is 23.4 Å². The van der Waals surface area contributed by atoms with E-state index in [0.717, 1.165) is 17.4 Å². The summed E-state index contributed by atoms with van der Waals surface area (Å²) in [5.74, 6) is 2.65. The second-order valence-electron chi connectivity index (χ2n) is 6.59. The Bertz CT molecular complexity index is 675. The summed E-state index contributed by atoms with van der Waals surface area (Å²) in [6.07, 6.45) is 3.87. The molecule has 21 heavy (non-hydrogen) atoms. The van der Waals surface area contributed by atoms with Crippen LogP contribution in [0.2, 0.25) is 5.02 Å². The van der Waals surface area contributed by atoms with Crippen molar-refractivity contribution in [2.24, 2.45) is 29.4 Å². The van der Waals surface area contributed by atoms with Gasteiger partial charge in [0.1, 0.15) is 0 Å². The zero-order valence-corrected chi connectivity index (χ0v) is 13.2. The van der Waals surface area contributed by atoms with Crippen molar-refractivity contribution in [3.63, 3.8) is 0 Å². The highest BCUT2D eigenvalue weighted by atomic mass is 35.5. The summed E-state index contributed by atoms with van der Waals surface area (Å²) in [7, 11) is -3.48. The van der Waals surface area contributed by atoms with Crippen molar-refractivity contribution < 1.29 is 8.42 Å². The summed E-state index contributed by atoms with van der Waals surface area (Å²) in [5.41, 5.74) is 6.31. The van der Waals surface area contributed by atoms with Crippen LogP contribution in [0.25, 0.3) is 0 Å². The van der Waals surface area contributed by atoms with Gasteiger partial charge in [0.05, 0.1) is 4.90 Å². The average molecular weight is 327 g/mol. The minimum absolute atomic E-state index is 0.147. The highest BCUT2D eigenvalue weighted by Crippen LogP contribution is 2.65. The van der Waals surface area contributed by atoms with E-state index in [1.807, 2.05) is 0 Å². The van der Waals surface area contributed by atoms with Gasteiger partial charge in [-0.2, -0.15) is 0 Å². The van der Waals surface area contributed by atoms with Gasteiger partial charge in [-0.05, 0) is 60.6 Å². The Hall–Kier alpha value is -0.620. The van der Waals surface area contributed by atoms with E-state index in [1.165, 1.54) is 25.3 Å². The normalized spacial score (nSPS) is 36.8. The zero-order valence-electron chi connectivity index (χ0n) is 11.6. The van der Waals surface area contributed by atoms with Crippen LogP contribution in [-0.4, -0.2) is 14.5 Å². The predicted molar refractivity (Wildman–Crippen MR) is 81.3 cm³/mol. The number of fused-ring (bicyclic) bond motifs is 5. The van der Waals surface area contributed by atoms with Crippen molar-refractivity contribution >= 4 is 21.6 Å². The Morgan fingerprint density at radius 3 is 2.48 bits per heavy atom. The molecule has 4 atom stereocenters. The number of halogens is 1. The van der Waals surface area contributed by atoms with Crippen molar-refractivity contribution in [3.05, 3.63) is 28.8 Å². The summed E-state index contributed by atoms with van der Waals surface area (Å²) in [6.45, 7) is 0.308. The lowest BCUT2D eigenvalue weighted by Crippen LogP contribution is -2.30. The zero-order chi connectivity index (χ0) is 14.8. The van der Waals surface area contributed by atoms with Gasteiger partial charge in [-0.1, -0.05) is 17.7 Å². The maximum atomic E-state index is 12.5. The van der Waals surface area contributed by atoms with Crippen molar-refractivity contribution in [1.29, 1.82) is 0 Å². The molecule has 6 heteroatoms. The van der Waals surface area contributed by atoms with E-state index in [2.05, 4.69) is 4.72 Å². The first-order valence-corrected chi connectivity index (χ1v) is 9.38. The molecule has 1 aromatic carbocycles. The number of sulfonamides is 1. The lowest BCUT2D eigenvalue weighted by Gasteiger charge is -2.12. The standard InChI is InChI=1S/C15H19ClN2O2S/c16-12-6-11(4-3-10(12)7-17)21(19,20)18-15-13-8-1-2-9(5-8)14(13)15/h3-4,6,8-9,13-15,18H,1-2,5,7,17H2. The molecule has 0 aromatic heterocycles. The molecule has 0 radical (unpaired) electrons. The summed E-state index contributed by atoms with van der Waals surface area (Å²) < 4.78 is 27.9. The van der Waals surface area contributed by atoms with Gasteiger partial charge in [-0.3, -0.25) is 0 Å². The lowest BCUT2D eigenvalue weighted by molar-refractivity contribution is 0.456. The van der Waals surface area contributed by atoms with Gasteiger partial charge in [-0.15, -0.1) is 0 Å². The molecular formula is C15H19ClN2O2S. The Labute approximate surface area is 130 Å². The Balaban J connectivity index is 1.54. The van der Waals surface area contributed by atoms with Crippen LogP contribution in [-0.2, 0) is 16.6 Å². The lowest BCUT2D eigenvalue weighted by atomic mass is 10.0. The molecule has 4 nitrogen and oxygen atoms in total. The minimum Gasteiger partial charge on any atom is -0.326 e. The molecule has 4 rings (SSSR count). The second kappa shape index (κ2) is 4.69. The maximum absolute atomic E-state index is 12.5. The molecule has 0 amide bonds. The molecule has 3 fully saturated rings. The summed E-state index contributed by atoms with van der Waals surface area (Å²) >= 11 is 6.07. The molecule has 3 aliphatic carbocycles. The topological polar surface area (TPSA) is 72.2 Å². The maximum Gasteiger partial charge on any atom is 0.240 e. The fraction of sp³-hybridized carbons (Fsp3) is 0.600. The van der Waals surface area contributed by atoms with Gasteiger partial charge in [0.25, 0.3) is 0 Å².